The lowest BCUT2D eigenvalue weighted by molar-refractivity contribution is -0.144. The van der Waals surface area contributed by atoms with Crippen LogP contribution in [0.3, 0.4) is 0 Å². The number of imide groups is 2. The first-order valence-corrected chi connectivity index (χ1v) is 13.1. The Morgan fingerprint density at radius 3 is 2.39 bits per heavy atom. The maximum absolute atomic E-state index is 14.2. The molecule has 2 fully saturated rings. The zero-order valence-corrected chi connectivity index (χ0v) is 21.4. The van der Waals surface area contributed by atoms with Crippen LogP contribution in [0.2, 0.25) is 5.02 Å². The summed E-state index contributed by atoms with van der Waals surface area (Å²) in [6.45, 7) is 2.03. The van der Waals surface area contributed by atoms with Crippen molar-refractivity contribution in [1.29, 1.82) is 0 Å². The zero-order chi connectivity index (χ0) is 26.4. The summed E-state index contributed by atoms with van der Waals surface area (Å²) in [7, 11) is 0. The topological polar surface area (TPSA) is 91.7 Å². The van der Waals surface area contributed by atoms with Gasteiger partial charge in [-0.3, -0.25) is 19.7 Å². The normalized spacial score (nSPS) is 25.2. The van der Waals surface area contributed by atoms with Crippen molar-refractivity contribution in [3.8, 4) is 0 Å². The van der Waals surface area contributed by atoms with E-state index in [0.29, 0.717) is 30.3 Å². The molecular weight excluding hydrogens is 504 g/mol. The van der Waals surface area contributed by atoms with Crippen LogP contribution in [0.5, 0.6) is 0 Å². The highest BCUT2D eigenvalue weighted by Gasteiger charge is 2.55. The molecule has 9 heteroatoms. The minimum absolute atomic E-state index is 0.00344. The van der Waals surface area contributed by atoms with Gasteiger partial charge in [0.25, 0.3) is 11.5 Å². The Labute approximate surface area is 224 Å². The molecule has 194 valence electrons. The van der Waals surface area contributed by atoms with Gasteiger partial charge in [-0.1, -0.05) is 48.0 Å². The molecule has 0 radical (unpaired) electrons. The molecule has 2 aromatic carbocycles. The van der Waals surface area contributed by atoms with Crippen LogP contribution in [0.15, 0.2) is 77.6 Å². The quantitative estimate of drug-likeness (QED) is 0.510. The number of benzene rings is 2. The number of anilines is 1. The highest BCUT2D eigenvalue weighted by atomic mass is 35.5. The van der Waals surface area contributed by atoms with Gasteiger partial charge in [-0.05, 0) is 54.7 Å². The first-order chi connectivity index (χ1) is 18.3. The van der Waals surface area contributed by atoms with Gasteiger partial charge in [0.15, 0.2) is 0 Å². The maximum atomic E-state index is 14.2. The van der Waals surface area contributed by atoms with Gasteiger partial charge in [0.2, 0.25) is 5.91 Å². The average molecular weight is 531 g/mol. The van der Waals surface area contributed by atoms with Gasteiger partial charge in [-0.15, -0.1) is 0 Å². The Morgan fingerprint density at radius 2 is 1.63 bits per heavy atom. The van der Waals surface area contributed by atoms with E-state index in [1.165, 1.54) is 0 Å². The largest absolute Gasteiger partial charge is 0.335 e. The van der Waals surface area contributed by atoms with Crippen molar-refractivity contribution in [2.24, 2.45) is 11.3 Å². The number of urea groups is 1. The molecule has 0 aliphatic carbocycles. The van der Waals surface area contributed by atoms with Crippen molar-refractivity contribution >= 4 is 35.1 Å². The molecule has 0 saturated carbocycles. The van der Waals surface area contributed by atoms with Gasteiger partial charge in [-0.25, -0.2) is 9.69 Å². The monoisotopic (exact) mass is 530 g/mol. The third-order valence-electron chi connectivity index (χ3n) is 7.95. The lowest BCUT2D eigenvalue weighted by Crippen LogP contribution is -2.68. The smallest absolute Gasteiger partial charge is 0.312 e. The number of amides is 4. The van der Waals surface area contributed by atoms with E-state index in [-0.39, 0.29) is 30.4 Å². The van der Waals surface area contributed by atoms with Gasteiger partial charge in [0, 0.05) is 48.9 Å². The lowest BCUT2D eigenvalue weighted by atomic mass is 9.75. The summed E-state index contributed by atoms with van der Waals surface area (Å²) in [4.78, 5) is 56.6. The number of rotatable bonds is 5. The second kappa shape index (κ2) is 9.53. The van der Waals surface area contributed by atoms with Gasteiger partial charge in [0.05, 0.1) is 5.69 Å². The third-order valence-corrected chi connectivity index (χ3v) is 8.21. The molecule has 6 rings (SSSR count). The number of nitrogens with one attached hydrogen (secondary N) is 1. The maximum Gasteiger partial charge on any atom is 0.335 e. The molecule has 2 bridgehead atoms. The molecule has 2 saturated heterocycles. The van der Waals surface area contributed by atoms with Crippen LogP contribution < -0.4 is 15.8 Å². The van der Waals surface area contributed by atoms with Gasteiger partial charge >= 0.3 is 6.03 Å². The molecule has 38 heavy (non-hydrogen) atoms. The van der Waals surface area contributed by atoms with Gasteiger partial charge in [0.1, 0.15) is 5.41 Å². The molecule has 0 spiro atoms. The second-order valence-electron chi connectivity index (χ2n) is 10.5. The summed E-state index contributed by atoms with van der Waals surface area (Å²) in [5.41, 5.74) is 0.648. The number of piperidine rings is 1. The first-order valence-electron chi connectivity index (χ1n) is 12.8. The number of halogens is 1. The predicted molar refractivity (Wildman–Crippen MR) is 143 cm³/mol. The van der Waals surface area contributed by atoms with E-state index in [9.17, 15) is 19.2 Å². The number of carbonyl (C=O) groups excluding carboxylic acids is 3. The standard InChI is InChI=1S/C29H27ClN4O4/c30-22-11-9-19(10-12-22)14-29(26(36)31-28(38)34(27(29)37)23-5-2-1-3-6-23)18-32-15-20-13-21(17-32)24-7-4-8-25(35)33(24)16-20/h1-12,20-21H,13-18H2,(H,31,36,38)/t20-,21+,29+/m1/s1. The highest BCUT2D eigenvalue weighted by molar-refractivity contribution is 6.31. The molecule has 0 unspecified atom stereocenters. The Hall–Kier alpha value is -3.75. The highest BCUT2D eigenvalue weighted by Crippen LogP contribution is 2.39. The molecule has 1 aromatic heterocycles. The van der Waals surface area contributed by atoms with Crippen LogP contribution in [0, 0.1) is 11.3 Å². The molecule has 4 heterocycles. The Kier molecular flexibility index (Phi) is 6.16. The summed E-state index contributed by atoms with van der Waals surface area (Å²) in [6.07, 6.45) is 1.08. The Balaban J connectivity index is 1.38. The molecule has 8 nitrogen and oxygen atoms in total. The van der Waals surface area contributed by atoms with Crippen molar-refractivity contribution in [1.82, 2.24) is 14.8 Å². The van der Waals surface area contributed by atoms with Gasteiger partial charge in [-0.2, -0.15) is 0 Å². The number of pyridine rings is 1. The summed E-state index contributed by atoms with van der Waals surface area (Å²) in [5, 5.41) is 3.03. The minimum atomic E-state index is -1.53. The number of nitrogens with zero attached hydrogens (tertiary/aromatic N) is 3. The lowest BCUT2D eigenvalue weighted by Gasteiger charge is -2.47. The van der Waals surface area contributed by atoms with Crippen molar-refractivity contribution < 1.29 is 14.4 Å². The summed E-state index contributed by atoms with van der Waals surface area (Å²) in [6, 6.07) is 20.4. The van der Waals surface area contributed by atoms with Crippen LogP contribution in [0.25, 0.3) is 0 Å². The van der Waals surface area contributed by atoms with E-state index in [0.717, 1.165) is 22.6 Å². The van der Waals surface area contributed by atoms with Crippen LogP contribution in [0.1, 0.15) is 23.6 Å². The number of fused-ring (bicyclic) bond motifs is 4. The van der Waals surface area contributed by atoms with Crippen LogP contribution in [0.4, 0.5) is 10.5 Å². The van der Waals surface area contributed by atoms with Crippen molar-refractivity contribution in [2.45, 2.75) is 25.3 Å². The molecule has 3 atom stereocenters. The number of aromatic nitrogens is 1. The number of hydrogen-bond donors (Lipinski definition) is 1. The van der Waals surface area contributed by atoms with E-state index in [4.69, 9.17) is 11.6 Å². The number of likely N-dealkylation sites (tertiary alicyclic amines) is 1. The van der Waals surface area contributed by atoms with Crippen molar-refractivity contribution in [3.05, 3.63) is 99.4 Å². The zero-order valence-electron chi connectivity index (χ0n) is 20.7. The third kappa shape index (κ3) is 4.23. The number of para-hydroxylation sites is 1. The molecule has 1 N–H and O–H groups in total. The molecular formula is C29H27ClN4O4. The van der Waals surface area contributed by atoms with Crippen molar-refractivity contribution in [2.75, 3.05) is 24.5 Å². The SMILES string of the molecule is O=C1NC(=O)[C@](Cc2ccc(Cl)cc2)(CN2C[C@H]3C[C@@H](C2)c2cccc(=O)n2C3)C(=O)N1c1ccccc1. The summed E-state index contributed by atoms with van der Waals surface area (Å²) >= 11 is 6.10. The van der Waals surface area contributed by atoms with E-state index in [1.54, 1.807) is 54.6 Å². The van der Waals surface area contributed by atoms with Gasteiger partial charge < -0.3 is 9.47 Å². The van der Waals surface area contributed by atoms with E-state index < -0.39 is 23.3 Å². The fraction of sp³-hybridized carbons (Fsp3) is 0.310. The molecule has 3 aliphatic heterocycles. The Morgan fingerprint density at radius 1 is 0.868 bits per heavy atom. The van der Waals surface area contributed by atoms with Crippen LogP contribution in [-0.2, 0) is 22.6 Å². The minimum Gasteiger partial charge on any atom is -0.312 e. The average Bonchev–Trinajstić information content (AvgIpc) is 2.90. The van der Waals surface area contributed by atoms with E-state index >= 15 is 0 Å². The van der Waals surface area contributed by atoms with E-state index in [2.05, 4.69) is 10.2 Å². The number of carbonyl (C=O) groups is 3. The van der Waals surface area contributed by atoms with Crippen LogP contribution >= 0.6 is 11.6 Å². The molecule has 3 aliphatic rings. The predicted octanol–water partition coefficient (Wildman–Crippen LogP) is 3.43. The van der Waals surface area contributed by atoms with Crippen LogP contribution in [-0.4, -0.2) is 46.9 Å². The molecule has 4 amide bonds. The van der Waals surface area contributed by atoms with E-state index in [1.807, 2.05) is 22.8 Å². The first kappa shape index (κ1) is 24.6. The number of hydrogen-bond acceptors (Lipinski definition) is 5. The number of barbiturate groups is 1. The fourth-order valence-electron chi connectivity index (χ4n) is 6.30. The molecule has 3 aromatic rings. The fourth-order valence-corrected chi connectivity index (χ4v) is 6.42. The van der Waals surface area contributed by atoms with Crippen molar-refractivity contribution in [3.63, 3.8) is 0 Å². The second-order valence-corrected chi connectivity index (χ2v) is 10.9. The summed E-state index contributed by atoms with van der Waals surface area (Å²) in [5.74, 6) is -0.790. The Bertz CT molecular complexity index is 1470. The summed E-state index contributed by atoms with van der Waals surface area (Å²) < 4.78 is 1.86.